The van der Waals surface area contributed by atoms with E-state index in [0.29, 0.717) is 35.7 Å². The average molecular weight is 343 g/mol. The van der Waals surface area contributed by atoms with E-state index in [9.17, 15) is 4.79 Å². The van der Waals surface area contributed by atoms with Crippen LogP contribution in [0.4, 0.5) is 11.9 Å². The Morgan fingerprint density at radius 3 is 2.88 bits per heavy atom. The Bertz CT molecular complexity index is 707. The fourth-order valence-corrected chi connectivity index (χ4v) is 2.71. The predicted octanol–water partition coefficient (Wildman–Crippen LogP) is 3.08. The summed E-state index contributed by atoms with van der Waals surface area (Å²) in [6.45, 7) is 6.70. The molecule has 7 nitrogen and oxygen atoms in total. The lowest BCUT2D eigenvalue weighted by Gasteiger charge is -2.24. The second kappa shape index (κ2) is 8.00. The fraction of sp³-hybridized carbons (Fsp3) is 0.500. The summed E-state index contributed by atoms with van der Waals surface area (Å²) in [7, 11) is 0. The van der Waals surface area contributed by atoms with E-state index in [0.717, 1.165) is 25.9 Å². The van der Waals surface area contributed by atoms with Crippen molar-refractivity contribution >= 4 is 17.8 Å². The molecule has 0 spiro atoms. The zero-order valence-corrected chi connectivity index (χ0v) is 14.8. The van der Waals surface area contributed by atoms with Gasteiger partial charge in [-0.05, 0) is 43.4 Å². The highest BCUT2D eigenvalue weighted by molar-refractivity contribution is 6.03. The van der Waals surface area contributed by atoms with Crippen LogP contribution in [-0.2, 0) is 0 Å². The summed E-state index contributed by atoms with van der Waals surface area (Å²) in [4.78, 5) is 18.9. The molecule has 0 radical (unpaired) electrons. The summed E-state index contributed by atoms with van der Waals surface area (Å²) in [5.41, 5.74) is 0.525. The number of carbonyl (C=O) groups excluding carboxylic acids is 1. The van der Waals surface area contributed by atoms with Crippen LogP contribution in [0.2, 0.25) is 0 Å². The van der Waals surface area contributed by atoms with E-state index >= 15 is 0 Å². The summed E-state index contributed by atoms with van der Waals surface area (Å²) < 4.78 is 5.67. The molecule has 0 aliphatic carbocycles. The summed E-state index contributed by atoms with van der Waals surface area (Å²) in [5, 5.41) is 9.76. The smallest absolute Gasteiger partial charge is 0.258 e. The Morgan fingerprint density at radius 1 is 1.32 bits per heavy atom. The highest BCUT2D eigenvalue weighted by Crippen LogP contribution is 2.18. The van der Waals surface area contributed by atoms with Crippen molar-refractivity contribution in [2.75, 3.05) is 29.9 Å². The fourth-order valence-electron chi connectivity index (χ4n) is 2.71. The molecule has 1 aliphatic heterocycles. The molecule has 2 heterocycles. The van der Waals surface area contributed by atoms with Crippen LogP contribution >= 0.6 is 0 Å². The van der Waals surface area contributed by atoms with Gasteiger partial charge in [0.2, 0.25) is 11.9 Å². The van der Waals surface area contributed by atoms with E-state index in [4.69, 9.17) is 4.74 Å². The van der Waals surface area contributed by atoms with Crippen LogP contribution in [0.1, 0.15) is 43.5 Å². The summed E-state index contributed by atoms with van der Waals surface area (Å²) >= 11 is 0. The third-order valence-electron chi connectivity index (χ3n) is 4.02. The minimum Gasteiger partial charge on any atom is -0.493 e. The number of piperidine rings is 1. The van der Waals surface area contributed by atoms with Crippen molar-refractivity contribution in [1.29, 1.82) is 0 Å². The number of nitrogens with zero attached hydrogens (tertiary/aromatic N) is 3. The van der Waals surface area contributed by atoms with Crippen LogP contribution in [0.25, 0.3) is 0 Å². The molecule has 1 aliphatic rings. The van der Waals surface area contributed by atoms with Crippen molar-refractivity contribution in [3.63, 3.8) is 0 Å². The quantitative estimate of drug-likeness (QED) is 0.842. The van der Waals surface area contributed by atoms with Crippen LogP contribution in [-0.4, -0.2) is 40.8 Å². The molecule has 2 aromatic rings. The van der Waals surface area contributed by atoms with Crippen molar-refractivity contribution in [3.8, 4) is 5.75 Å². The number of amides is 1. The highest BCUT2D eigenvalue weighted by atomic mass is 16.5. The van der Waals surface area contributed by atoms with Crippen LogP contribution in [0.5, 0.6) is 5.75 Å². The van der Waals surface area contributed by atoms with Crippen molar-refractivity contribution in [2.24, 2.45) is 5.92 Å². The highest BCUT2D eigenvalue weighted by Gasteiger charge is 2.16. The van der Waals surface area contributed by atoms with Crippen molar-refractivity contribution < 1.29 is 9.53 Å². The lowest BCUT2D eigenvalue weighted by molar-refractivity contribution is 0.102. The summed E-state index contributed by atoms with van der Waals surface area (Å²) in [6, 6.07) is 7.14. The molecule has 0 atom stereocenters. The molecule has 0 unspecified atom stereocenters. The Kier molecular flexibility index (Phi) is 5.53. The third kappa shape index (κ3) is 4.71. The molecule has 1 fully saturated rings. The van der Waals surface area contributed by atoms with Gasteiger partial charge in [0.05, 0.1) is 6.61 Å². The maximum Gasteiger partial charge on any atom is 0.258 e. The lowest BCUT2D eigenvalue weighted by Crippen LogP contribution is -2.30. The molecule has 1 amide bonds. The number of nitrogens with one attached hydrogen (secondary N) is 2. The first kappa shape index (κ1) is 17.3. The van der Waals surface area contributed by atoms with E-state index in [-0.39, 0.29) is 5.91 Å². The SMILES string of the molecule is CC(C)COc1cccc(C(=O)Nc2nc(N3CCCCC3)n[nH]2)c1. The van der Waals surface area contributed by atoms with E-state index in [1.807, 2.05) is 12.1 Å². The number of ether oxygens (including phenoxy) is 1. The number of rotatable bonds is 6. The van der Waals surface area contributed by atoms with Crippen LogP contribution in [0.15, 0.2) is 24.3 Å². The molecule has 25 heavy (non-hydrogen) atoms. The van der Waals surface area contributed by atoms with Crippen LogP contribution in [0, 0.1) is 5.92 Å². The zero-order valence-electron chi connectivity index (χ0n) is 14.8. The Balaban J connectivity index is 1.62. The predicted molar refractivity (Wildman–Crippen MR) is 97.2 cm³/mol. The second-order valence-electron chi connectivity index (χ2n) is 6.72. The number of hydrogen-bond donors (Lipinski definition) is 2. The van der Waals surface area contributed by atoms with Gasteiger partial charge in [-0.15, -0.1) is 5.10 Å². The summed E-state index contributed by atoms with van der Waals surface area (Å²) in [6.07, 6.45) is 3.55. The first-order chi connectivity index (χ1) is 12.1. The summed E-state index contributed by atoms with van der Waals surface area (Å²) in [5.74, 6) is 1.88. The normalized spacial score (nSPS) is 14.6. The van der Waals surface area contributed by atoms with Crippen LogP contribution < -0.4 is 15.0 Å². The topological polar surface area (TPSA) is 83.1 Å². The van der Waals surface area contributed by atoms with Crippen molar-refractivity contribution in [3.05, 3.63) is 29.8 Å². The van der Waals surface area contributed by atoms with E-state index in [1.165, 1.54) is 6.42 Å². The minimum atomic E-state index is -0.239. The van der Waals surface area contributed by atoms with E-state index in [1.54, 1.807) is 12.1 Å². The number of H-pyrrole nitrogens is 1. The molecule has 3 rings (SSSR count). The molecule has 0 bridgehead atoms. The first-order valence-electron chi connectivity index (χ1n) is 8.83. The Morgan fingerprint density at radius 2 is 2.12 bits per heavy atom. The van der Waals surface area contributed by atoms with E-state index < -0.39 is 0 Å². The van der Waals surface area contributed by atoms with Gasteiger partial charge in [0, 0.05) is 18.7 Å². The van der Waals surface area contributed by atoms with Crippen molar-refractivity contribution in [2.45, 2.75) is 33.1 Å². The van der Waals surface area contributed by atoms with Gasteiger partial charge in [-0.2, -0.15) is 4.98 Å². The second-order valence-corrected chi connectivity index (χ2v) is 6.72. The van der Waals surface area contributed by atoms with Gasteiger partial charge < -0.3 is 9.64 Å². The molecule has 1 aromatic heterocycles. The number of aromatic amines is 1. The van der Waals surface area contributed by atoms with Gasteiger partial charge >= 0.3 is 0 Å². The third-order valence-corrected chi connectivity index (χ3v) is 4.02. The van der Waals surface area contributed by atoms with Gasteiger partial charge in [-0.25, -0.2) is 5.10 Å². The number of hydrogen-bond acceptors (Lipinski definition) is 5. The molecule has 0 saturated carbocycles. The number of anilines is 2. The molecule has 7 heteroatoms. The monoisotopic (exact) mass is 343 g/mol. The van der Waals surface area contributed by atoms with E-state index in [2.05, 4.69) is 39.2 Å². The molecular formula is C18H25N5O2. The van der Waals surface area contributed by atoms with Gasteiger partial charge in [0.1, 0.15) is 5.75 Å². The standard InChI is InChI=1S/C18H25N5O2/c1-13(2)12-25-15-8-6-7-14(11-15)16(24)19-17-20-18(22-21-17)23-9-4-3-5-10-23/h6-8,11,13H,3-5,9-10,12H2,1-2H3,(H2,19,20,21,22,24). The largest absolute Gasteiger partial charge is 0.493 e. The Labute approximate surface area is 147 Å². The van der Waals surface area contributed by atoms with Crippen molar-refractivity contribution in [1.82, 2.24) is 15.2 Å². The number of aromatic nitrogens is 3. The van der Waals surface area contributed by atoms with Gasteiger partial charge in [-0.1, -0.05) is 19.9 Å². The van der Waals surface area contributed by atoms with Gasteiger partial charge in [-0.3, -0.25) is 10.1 Å². The average Bonchev–Trinajstić information content (AvgIpc) is 3.09. The molecule has 2 N–H and O–H groups in total. The maximum absolute atomic E-state index is 12.4. The number of benzene rings is 1. The van der Waals surface area contributed by atoms with Gasteiger partial charge in [0.15, 0.2) is 0 Å². The molecule has 1 aromatic carbocycles. The molecular weight excluding hydrogens is 318 g/mol. The first-order valence-corrected chi connectivity index (χ1v) is 8.83. The number of carbonyl (C=O) groups is 1. The zero-order chi connectivity index (χ0) is 17.6. The maximum atomic E-state index is 12.4. The Hall–Kier alpha value is -2.57. The minimum absolute atomic E-state index is 0.239. The van der Waals surface area contributed by atoms with Crippen LogP contribution in [0.3, 0.4) is 0 Å². The molecule has 1 saturated heterocycles. The van der Waals surface area contributed by atoms with Gasteiger partial charge in [0.25, 0.3) is 5.91 Å². The molecule has 134 valence electrons. The lowest BCUT2D eigenvalue weighted by atomic mass is 10.1.